The number of carboxylic acids is 1. The fraction of sp³-hybridized carbons (Fsp3) is 0.533. The minimum absolute atomic E-state index is 0.0118. The normalized spacial score (nSPS) is 19.0. The molecule has 3 atom stereocenters. The summed E-state index contributed by atoms with van der Waals surface area (Å²) in [6, 6.07) is 10.9. The summed E-state index contributed by atoms with van der Waals surface area (Å²) in [5.74, 6) is -2.05. The van der Waals surface area contributed by atoms with Crippen LogP contribution in [0.25, 0.3) is 11.4 Å². The summed E-state index contributed by atoms with van der Waals surface area (Å²) in [5, 5.41) is 18.9. The Morgan fingerprint density at radius 2 is 1.76 bits per heavy atom. The van der Waals surface area contributed by atoms with Crippen molar-refractivity contribution >= 4 is 23.8 Å². The molecule has 220 valence electrons. The number of rotatable bonds is 13. The topological polar surface area (TPSA) is 150 Å². The van der Waals surface area contributed by atoms with Gasteiger partial charge in [-0.2, -0.15) is 0 Å². The number of aromatic nitrogens is 2. The first-order chi connectivity index (χ1) is 19.8. The van der Waals surface area contributed by atoms with E-state index < -0.39 is 18.0 Å². The number of nitrogens with zero attached hydrogens (tertiary/aromatic N) is 4. The highest BCUT2D eigenvalue weighted by atomic mass is 16.6. The van der Waals surface area contributed by atoms with Crippen molar-refractivity contribution in [2.45, 2.75) is 51.4 Å². The van der Waals surface area contributed by atoms with Crippen LogP contribution in [0.15, 0.2) is 36.4 Å². The first-order valence-corrected chi connectivity index (χ1v) is 14.3. The van der Waals surface area contributed by atoms with Crippen LogP contribution in [0.2, 0.25) is 0 Å². The number of aliphatic hydroxyl groups is 1. The van der Waals surface area contributed by atoms with Gasteiger partial charge >= 0.3 is 12.1 Å². The molecule has 2 heterocycles. The largest absolute Gasteiger partial charge is 0.481 e. The molecule has 2 aromatic rings. The van der Waals surface area contributed by atoms with Crippen molar-refractivity contribution in [3.63, 3.8) is 0 Å². The fourth-order valence-electron chi connectivity index (χ4n) is 5.03. The lowest BCUT2D eigenvalue weighted by atomic mass is 9.93. The highest BCUT2D eigenvalue weighted by Crippen LogP contribution is 2.46. The van der Waals surface area contributed by atoms with Crippen LogP contribution < -0.4 is 0 Å². The maximum absolute atomic E-state index is 13.6. The van der Waals surface area contributed by atoms with Crippen LogP contribution in [-0.2, 0) is 14.3 Å². The molecule has 0 radical (unpaired) electrons. The van der Waals surface area contributed by atoms with E-state index in [0.717, 1.165) is 24.8 Å². The summed E-state index contributed by atoms with van der Waals surface area (Å²) in [6.07, 6.45) is 1.63. The average Bonchev–Trinajstić information content (AvgIpc) is 3.79. The lowest BCUT2D eigenvalue weighted by molar-refractivity contribution is -0.139. The maximum Gasteiger partial charge on any atom is 0.409 e. The van der Waals surface area contributed by atoms with Crippen molar-refractivity contribution in [1.82, 2.24) is 19.8 Å². The van der Waals surface area contributed by atoms with Gasteiger partial charge in [-0.1, -0.05) is 43.7 Å². The van der Waals surface area contributed by atoms with Crippen LogP contribution in [0.5, 0.6) is 0 Å². The molecule has 1 aromatic carbocycles. The highest BCUT2D eigenvalue weighted by molar-refractivity contribution is 5.97. The predicted molar refractivity (Wildman–Crippen MR) is 149 cm³/mol. The second-order valence-corrected chi connectivity index (χ2v) is 10.7. The van der Waals surface area contributed by atoms with Crippen molar-refractivity contribution in [3.05, 3.63) is 47.8 Å². The summed E-state index contributed by atoms with van der Waals surface area (Å²) in [6.45, 7) is 3.56. The second-order valence-electron chi connectivity index (χ2n) is 10.7. The Hall–Kier alpha value is -3.86. The smallest absolute Gasteiger partial charge is 0.409 e. The van der Waals surface area contributed by atoms with Crippen molar-refractivity contribution in [3.8, 4) is 11.4 Å². The van der Waals surface area contributed by atoms with Crippen LogP contribution in [-0.4, -0.2) is 93.1 Å². The molecule has 1 saturated carbocycles. The van der Waals surface area contributed by atoms with E-state index in [4.69, 9.17) is 4.74 Å². The minimum atomic E-state index is -1.05. The number of ketones is 1. The third-order valence-corrected chi connectivity index (χ3v) is 7.66. The van der Waals surface area contributed by atoms with Crippen molar-refractivity contribution in [1.29, 1.82) is 0 Å². The number of hydrogen-bond donors (Lipinski definition) is 2. The zero-order valence-corrected chi connectivity index (χ0v) is 23.4. The number of carbonyl (C=O) groups excluding carboxylic acids is 3. The first-order valence-electron chi connectivity index (χ1n) is 14.3. The number of piperazine rings is 1. The highest BCUT2D eigenvalue weighted by Gasteiger charge is 2.40. The molecule has 0 bridgehead atoms. The Morgan fingerprint density at radius 3 is 2.39 bits per heavy atom. The van der Waals surface area contributed by atoms with Crippen LogP contribution in [0.1, 0.15) is 67.5 Å². The summed E-state index contributed by atoms with van der Waals surface area (Å²) in [4.78, 5) is 63.0. The summed E-state index contributed by atoms with van der Waals surface area (Å²) in [5.41, 5.74) is 1.59. The first kappa shape index (κ1) is 30.1. The van der Waals surface area contributed by atoms with Gasteiger partial charge in [-0.05, 0) is 31.2 Å². The zero-order valence-electron chi connectivity index (χ0n) is 23.4. The van der Waals surface area contributed by atoms with Gasteiger partial charge in [-0.25, -0.2) is 14.8 Å². The molecule has 1 aliphatic heterocycles. The third-order valence-electron chi connectivity index (χ3n) is 7.66. The maximum atomic E-state index is 13.6. The van der Waals surface area contributed by atoms with E-state index in [1.165, 1.54) is 0 Å². The van der Waals surface area contributed by atoms with Gasteiger partial charge in [-0.15, -0.1) is 0 Å². The molecule has 1 aliphatic carbocycles. The van der Waals surface area contributed by atoms with Crippen molar-refractivity contribution in [2.24, 2.45) is 11.8 Å². The lowest BCUT2D eigenvalue weighted by Crippen LogP contribution is -2.52. The van der Waals surface area contributed by atoms with Gasteiger partial charge in [0.25, 0.3) is 0 Å². The van der Waals surface area contributed by atoms with Gasteiger partial charge in [0.1, 0.15) is 5.69 Å². The van der Waals surface area contributed by atoms with Gasteiger partial charge in [-0.3, -0.25) is 14.4 Å². The summed E-state index contributed by atoms with van der Waals surface area (Å²) < 4.78 is 5.27. The molecule has 0 unspecified atom stereocenters. The van der Waals surface area contributed by atoms with Gasteiger partial charge in [0, 0.05) is 68.7 Å². The lowest BCUT2D eigenvalue weighted by Gasteiger charge is -2.35. The van der Waals surface area contributed by atoms with E-state index >= 15 is 0 Å². The molecule has 11 heteroatoms. The molecule has 2 fully saturated rings. The monoisotopic (exact) mass is 566 g/mol. The van der Waals surface area contributed by atoms with Crippen LogP contribution >= 0.6 is 0 Å². The number of aliphatic carboxylic acids is 1. The molecule has 2 aliphatic rings. The van der Waals surface area contributed by atoms with Gasteiger partial charge < -0.3 is 24.7 Å². The molecule has 11 nitrogen and oxygen atoms in total. The number of carboxylic acid groups (broad SMARTS) is 1. The van der Waals surface area contributed by atoms with E-state index in [-0.39, 0.29) is 68.2 Å². The molecule has 41 heavy (non-hydrogen) atoms. The second kappa shape index (κ2) is 14.2. The number of hydrogen-bond acceptors (Lipinski definition) is 8. The quantitative estimate of drug-likeness (QED) is 0.275. The standard InChI is InChI=1S/C30H38N4O7/c1-2-3-15-41-30(40)34-13-11-33(12-14-34)29(39)21(9-10-27(37)38)17-26(36)25-18-24(23-16-22(23)19-35)31-28(32-25)20-7-5-4-6-8-20/h4-8,18,21-23,35H,2-3,9-17,19H2,1H3,(H,37,38)/t21-,22-,23+/m1/s1. The molecular formula is C30H38N4O7. The van der Waals surface area contributed by atoms with Gasteiger partial charge in [0.05, 0.1) is 6.61 Å². The number of aliphatic hydroxyl groups excluding tert-OH is 1. The van der Waals surface area contributed by atoms with Crippen molar-refractivity contribution < 1.29 is 34.1 Å². The molecule has 2 N–H and O–H groups in total. The Morgan fingerprint density at radius 1 is 1.05 bits per heavy atom. The van der Waals surface area contributed by atoms with Crippen LogP contribution in [0.4, 0.5) is 4.79 Å². The average molecular weight is 567 g/mol. The number of Topliss-reactive ketones (excluding diaryl/α,β-unsaturated/α-hetero) is 1. The van der Waals surface area contributed by atoms with E-state index in [1.54, 1.807) is 15.9 Å². The third kappa shape index (κ3) is 8.09. The SMILES string of the molecule is CCCCOC(=O)N1CCN(C(=O)[C@H](CCC(=O)O)CC(=O)c2cc([C@H]3C[C@@H]3CO)nc(-c3ccccc3)n2)CC1. The van der Waals surface area contributed by atoms with Gasteiger partial charge in [0.15, 0.2) is 11.6 Å². The summed E-state index contributed by atoms with van der Waals surface area (Å²) in [7, 11) is 0. The molecule has 4 rings (SSSR count). The summed E-state index contributed by atoms with van der Waals surface area (Å²) >= 11 is 0. The molecule has 2 amide bonds. The van der Waals surface area contributed by atoms with Gasteiger partial charge in [0.2, 0.25) is 5.91 Å². The number of unbranched alkanes of at least 4 members (excludes halogenated alkanes) is 1. The van der Waals surface area contributed by atoms with E-state index in [9.17, 15) is 29.4 Å². The number of ether oxygens (including phenoxy) is 1. The number of amides is 2. The van der Waals surface area contributed by atoms with Crippen LogP contribution in [0, 0.1) is 11.8 Å². The zero-order chi connectivity index (χ0) is 29.4. The van der Waals surface area contributed by atoms with Crippen molar-refractivity contribution in [2.75, 3.05) is 39.4 Å². The number of benzene rings is 1. The van der Waals surface area contributed by atoms with E-state index in [2.05, 4.69) is 9.97 Å². The molecule has 1 aromatic heterocycles. The Bertz CT molecular complexity index is 1230. The van der Waals surface area contributed by atoms with Crippen LogP contribution in [0.3, 0.4) is 0 Å². The van der Waals surface area contributed by atoms with E-state index in [1.807, 2.05) is 37.3 Å². The fourth-order valence-corrected chi connectivity index (χ4v) is 5.03. The Labute approximate surface area is 239 Å². The molecule has 1 saturated heterocycles. The number of carbonyl (C=O) groups is 4. The predicted octanol–water partition coefficient (Wildman–Crippen LogP) is 3.37. The Kier molecular flexibility index (Phi) is 10.4. The van der Waals surface area contributed by atoms with E-state index in [0.29, 0.717) is 31.2 Å². The molecule has 0 spiro atoms. The minimum Gasteiger partial charge on any atom is -0.481 e. The Balaban J connectivity index is 1.48. The molecular weight excluding hydrogens is 528 g/mol.